The summed E-state index contributed by atoms with van der Waals surface area (Å²) < 4.78 is 5.41. The minimum Gasteiger partial charge on any atom is -0.389 e. The molecule has 1 aliphatic heterocycles. The molecule has 0 aliphatic carbocycles. The van der Waals surface area contributed by atoms with Crippen LogP contribution in [0, 0.1) is 0 Å². The number of nitrogens with one attached hydrogen (secondary N) is 1. The van der Waals surface area contributed by atoms with E-state index in [1.54, 1.807) is 18.3 Å². The van der Waals surface area contributed by atoms with Crippen molar-refractivity contribution in [3.05, 3.63) is 22.4 Å². The fourth-order valence-electron chi connectivity index (χ4n) is 2.54. The van der Waals surface area contributed by atoms with Crippen LogP contribution in [-0.2, 0) is 16.1 Å². The summed E-state index contributed by atoms with van der Waals surface area (Å²) in [5.74, 6) is -0.281. The van der Waals surface area contributed by atoms with Crippen LogP contribution in [-0.4, -0.2) is 46.7 Å². The van der Waals surface area contributed by atoms with Crippen LogP contribution in [0.25, 0.3) is 0 Å². The molecule has 0 radical (unpaired) electrons. The molecule has 2 unspecified atom stereocenters. The van der Waals surface area contributed by atoms with Crippen molar-refractivity contribution in [2.45, 2.75) is 44.9 Å². The van der Waals surface area contributed by atoms with Crippen molar-refractivity contribution in [2.75, 3.05) is 13.2 Å². The molecule has 1 aliphatic rings. The number of urea groups is 1. The molecule has 3 amide bonds. The number of rotatable bonds is 8. The SMILES string of the molecule is CCCC1(C)NC(=O)N(CC(O)COCc2cccs2)C1=O. The molecule has 2 heterocycles. The molecule has 0 bridgehead atoms. The molecule has 1 aromatic heterocycles. The zero-order valence-electron chi connectivity index (χ0n) is 12.9. The van der Waals surface area contributed by atoms with Crippen molar-refractivity contribution < 1.29 is 19.4 Å². The Morgan fingerprint density at radius 2 is 2.27 bits per heavy atom. The first-order chi connectivity index (χ1) is 10.5. The predicted octanol–water partition coefficient (Wildman–Crippen LogP) is 1.74. The van der Waals surface area contributed by atoms with Gasteiger partial charge in [0.1, 0.15) is 5.54 Å². The zero-order valence-corrected chi connectivity index (χ0v) is 13.7. The summed E-state index contributed by atoms with van der Waals surface area (Å²) in [6.07, 6.45) is 0.487. The number of aliphatic hydroxyl groups excluding tert-OH is 1. The summed E-state index contributed by atoms with van der Waals surface area (Å²) in [6, 6.07) is 3.44. The van der Waals surface area contributed by atoms with E-state index in [-0.39, 0.29) is 19.1 Å². The minimum atomic E-state index is -0.890. The molecule has 2 atom stereocenters. The van der Waals surface area contributed by atoms with Crippen LogP contribution < -0.4 is 5.32 Å². The van der Waals surface area contributed by atoms with Gasteiger partial charge in [-0.2, -0.15) is 0 Å². The van der Waals surface area contributed by atoms with E-state index in [4.69, 9.17) is 4.74 Å². The van der Waals surface area contributed by atoms with Crippen LogP contribution in [0.15, 0.2) is 17.5 Å². The second kappa shape index (κ2) is 7.21. The number of carbonyl (C=O) groups is 2. The number of β-amino-alcohol motifs (C(OH)–C–C–N with tert-alkyl or cyclic N) is 1. The normalized spacial score (nSPS) is 23.0. The van der Waals surface area contributed by atoms with Crippen molar-refractivity contribution in [1.29, 1.82) is 0 Å². The molecule has 0 spiro atoms. The molecule has 7 heteroatoms. The lowest BCUT2D eigenvalue weighted by Crippen LogP contribution is -2.44. The lowest BCUT2D eigenvalue weighted by Gasteiger charge is -2.21. The molecule has 22 heavy (non-hydrogen) atoms. The van der Waals surface area contributed by atoms with Gasteiger partial charge in [-0.05, 0) is 24.8 Å². The average molecular weight is 326 g/mol. The molecule has 2 N–H and O–H groups in total. The van der Waals surface area contributed by atoms with E-state index in [0.29, 0.717) is 13.0 Å². The lowest BCUT2D eigenvalue weighted by molar-refractivity contribution is -0.132. The maximum Gasteiger partial charge on any atom is 0.325 e. The second-order valence-electron chi connectivity index (χ2n) is 5.68. The first kappa shape index (κ1) is 16.9. The third-order valence-corrected chi connectivity index (χ3v) is 4.47. The summed E-state index contributed by atoms with van der Waals surface area (Å²) in [4.78, 5) is 26.4. The van der Waals surface area contributed by atoms with Gasteiger partial charge in [-0.1, -0.05) is 19.4 Å². The van der Waals surface area contributed by atoms with Gasteiger partial charge in [-0.15, -0.1) is 11.3 Å². The largest absolute Gasteiger partial charge is 0.389 e. The quantitative estimate of drug-likeness (QED) is 0.713. The van der Waals surface area contributed by atoms with E-state index >= 15 is 0 Å². The second-order valence-corrected chi connectivity index (χ2v) is 6.71. The number of hydrogen-bond donors (Lipinski definition) is 2. The Kier molecular flexibility index (Phi) is 5.55. The molecule has 0 aromatic carbocycles. The fraction of sp³-hybridized carbons (Fsp3) is 0.600. The number of imide groups is 1. The maximum atomic E-state index is 12.3. The summed E-state index contributed by atoms with van der Waals surface area (Å²) in [6.45, 7) is 4.13. The van der Waals surface area contributed by atoms with Crippen LogP contribution >= 0.6 is 11.3 Å². The van der Waals surface area contributed by atoms with Crippen LogP contribution in [0.2, 0.25) is 0 Å². The molecule has 122 valence electrons. The van der Waals surface area contributed by atoms with E-state index in [9.17, 15) is 14.7 Å². The molecule has 1 fully saturated rings. The van der Waals surface area contributed by atoms with E-state index < -0.39 is 17.7 Å². The van der Waals surface area contributed by atoms with Gasteiger partial charge in [0.15, 0.2) is 0 Å². The molecule has 1 aromatic rings. The van der Waals surface area contributed by atoms with Crippen molar-refractivity contribution in [3.63, 3.8) is 0 Å². The van der Waals surface area contributed by atoms with Crippen LogP contribution in [0.3, 0.4) is 0 Å². The van der Waals surface area contributed by atoms with Crippen LogP contribution in [0.4, 0.5) is 4.79 Å². The number of carbonyl (C=O) groups excluding carboxylic acids is 2. The molecule has 1 saturated heterocycles. The third-order valence-electron chi connectivity index (χ3n) is 3.62. The molecular formula is C15H22N2O4S. The van der Waals surface area contributed by atoms with E-state index in [1.165, 1.54) is 0 Å². The van der Waals surface area contributed by atoms with Gasteiger partial charge in [-0.25, -0.2) is 4.79 Å². The highest BCUT2D eigenvalue weighted by molar-refractivity contribution is 7.09. The number of hydrogen-bond acceptors (Lipinski definition) is 5. The Morgan fingerprint density at radius 3 is 2.91 bits per heavy atom. The number of thiophene rings is 1. The number of aliphatic hydroxyl groups is 1. The Labute approximate surface area is 134 Å². The summed E-state index contributed by atoms with van der Waals surface area (Å²) >= 11 is 1.58. The molecule has 2 rings (SSSR count). The van der Waals surface area contributed by atoms with Gasteiger partial charge in [0.2, 0.25) is 0 Å². The fourth-order valence-corrected chi connectivity index (χ4v) is 3.18. The van der Waals surface area contributed by atoms with Crippen LogP contribution in [0.5, 0.6) is 0 Å². The Hall–Kier alpha value is -1.44. The number of ether oxygens (including phenoxy) is 1. The van der Waals surface area contributed by atoms with Crippen LogP contribution in [0.1, 0.15) is 31.6 Å². The van der Waals surface area contributed by atoms with Crippen molar-refractivity contribution in [1.82, 2.24) is 10.2 Å². The Balaban J connectivity index is 1.82. The Bertz CT molecular complexity index is 520. The van der Waals surface area contributed by atoms with Gasteiger partial charge in [0.25, 0.3) is 5.91 Å². The monoisotopic (exact) mass is 326 g/mol. The van der Waals surface area contributed by atoms with E-state index in [1.807, 2.05) is 24.4 Å². The van der Waals surface area contributed by atoms with Crippen molar-refractivity contribution >= 4 is 23.3 Å². The highest BCUT2D eigenvalue weighted by Crippen LogP contribution is 2.22. The highest BCUT2D eigenvalue weighted by Gasteiger charge is 2.47. The molecule has 6 nitrogen and oxygen atoms in total. The van der Waals surface area contributed by atoms with Gasteiger partial charge >= 0.3 is 6.03 Å². The van der Waals surface area contributed by atoms with Gasteiger partial charge < -0.3 is 15.2 Å². The third kappa shape index (κ3) is 3.85. The Morgan fingerprint density at radius 1 is 1.50 bits per heavy atom. The average Bonchev–Trinajstić information content (AvgIpc) is 3.03. The number of amides is 3. The van der Waals surface area contributed by atoms with Gasteiger partial charge in [0.05, 0.1) is 25.9 Å². The highest BCUT2D eigenvalue weighted by atomic mass is 32.1. The summed E-state index contributed by atoms with van der Waals surface area (Å²) in [5.41, 5.74) is -0.858. The standard InChI is InChI=1S/C15H22N2O4S/c1-3-6-15(2)13(19)17(14(20)16-15)8-11(18)9-21-10-12-5-4-7-22-12/h4-5,7,11,18H,3,6,8-10H2,1-2H3,(H,16,20). The first-order valence-corrected chi connectivity index (χ1v) is 8.26. The lowest BCUT2D eigenvalue weighted by atomic mass is 9.96. The van der Waals surface area contributed by atoms with Crippen molar-refractivity contribution in [2.24, 2.45) is 0 Å². The van der Waals surface area contributed by atoms with Crippen molar-refractivity contribution in [3.8, 4) is 0 Å². The maximum absolute atomic E-state index is 12.3. The van der Waals surface area contributed by atoms with Gasteiger partial charge in [0, 0.05) is 4.88 Å². The molecular weight excluding hydrogens is 304 g/mol. The number of nitrogens with zero attached hydrogens (tertiary/aromatic N) is 1. The first-order valence-electron chi connectivity index (χ1n) is 7.38. The topological polar surface area (TPSA) is 78.9 Å². The smallest absolute Gasteiger partial charge is 0.325 e. The minimum absolute atomic E-state index is 0.0472. The summed E-state index contributed by atoms with van der Waals surface area (Å²) in [5, 5.41) is 14.6. The van der Waals surface area contributed by atoms with E-state index in [0.717, 1.165) is 16.2 Å². The predicted molar refractivity (Wildman–Crippen MR) is 83.5 cm³/mol. The molecule has 0 saturated carbocycles. The summed E-state index contributed by atoms with van der Waals surface area (Å²) in [7, 11) is 0. The van der Waals surface area contributed by atoms with Gasteiger partial charge in [-0.3, -0.25) is 9.69 Å². The zero-order chi connectivity index (χ0) is 16.2. The van der Waals surface area contributed by atoms with E-state index in [2.05, 4.69) is 5.32 Å².